The van der Waals surface area contributed by atoms with E-state index < -0.39 is 0 Å². The number of piperazine rings is 1. The third kappa shape index (κ3) is 4.42. The van der Waals surface area contributed by atoms with Crippen LogP contribution < -0.4 is 14.2 Å². The first-order chi connectivity index (χ1) is 13.6. The van der Waals surface area contributed by atoms with Crippen LogP contribution in [0.1, 0.15) is 15.9 Å². The highest BCUT2D eigenvalue weighted by atomic mass is 79.9. The SMILES string of the molecule is COc1ccc(CN2CCN(C(=O)c3cccc(Br)c3)CC2)c(OC)c1OC. The van der Waals surface area contributed by atoms with Crippen molar-refractivity contribution in [2.75, 3.05) is 47.5 Å². The van der Waals surface area contributed by atoms with Crippen molar-refractivity contribution in [1.82, 2.24) is 9.80 Å². The van der Waals surface area contributed by atoms with E-state index in [9.17, 15) is 4.79 Å². The van der Waals surface area contributed by atoms with Crippen molar-refractivity contribution in [2.45, 2.75) is 6.54 Å². The number of carbonyl (C=O) groups is 1. The summed E-state index contributed by atoms with van der Waals surface area (Å²) in [5, 5.41) is 0. The summed E-state index contributed by atoms with van der Waals surface area (Å²) in [6.07, 6.45) is 0. The number of rotatable bonds is 6. The Balaban J connectivity index is 1.65. The Morgan fingerprint density at radius 3 is 2.29 bits per heavy atom. The van der Waals surface area contributed by atoms with Crippen LogP contribution in [0.5, 0.6) is 17.2 Å². The molecule has 1 saturated heterocycles. The van der Waals surface area contributed by atoms with Gasteiger partial charge in [0.05, 0.1) is 21.3 Å². The van der Waals surface area contributed by atoms with Crippen molar-refractivity contribution >= 4 is 21.8 Å². The van der Waals surface area contributed by atoms with Crippen LogP contribution in [-0.4, -0.2) is 63.2 Å². The Kier molecular flexibility index (Phi) is 6.80. The van der Waals surface area contributed by atoms with Crippen molar-refractivity contribution in [2.24, 2.45) is 0 Å². The second-order valence-corrected chi connectivity index (χ2v) is 7.49. The summed E-state index contributed by atoms with van der Waals surface area (Å²) in [5.41, 5.74) is 1.75. The van der Waals surface area contributed by atoms with Gasteiger partial charge in [-0.05, 0) is 24.3 Å². The highest BCUT2D eigenvalue weighted by Gasteiger charge is 2.24. The molecule has 1 fully saturated rings. The van der Waals surface area contributed by atoms with Gasteiger partial charge in [-0.15, -0.1) is 0 Å². The van der Waals surface area contributed by atoms with Crippen molar-refractivity contribution in [1.29, 1.82) is 0 Å². The standard InChI is InChI=1S/C21H25BrN2O4/c1-26-18-8-7-16(19(27-2)20(18)28-3)14-23-9-11-24(12-10-23)21(25)15-5-4-6-17(22)13-15/h4-8,13H,9-12,14H2,1-3H3. The van der Waals surface area contributed by atoms with Gasteiger partial charge in [0, 0.05) is 48.3 Å². The van der Waals surface area contributed by atoms with Gasteiger partial charge >= 0.3 is 0 Å². The van der Waals surface area contributed by atoms with Crippen molar-refractivity contribution in [3.63, 3.8) is 0 Å². The fraction of sp³-hybridized carbons (Fsp3) is 0.381. The van der Waals surface area contributed by atoms with Crippen molar-refractivity contribution in [3.05, 3.63) is 52.0 Å². The Morgan fingerprint density at radius 2 is 1.68 bits per heavy atom. The first-order valence-corrected chi connectivity index (χ1v) is 9.91. The van der Waals surface area contributed by atoms with Crippen LogP contribution in [0.25, 0.3) is 0 Å². The predicted octanol–water partition coefficient (Wildman–Crippen LogP) is 3.43. The maximum absolute atomic E-state index is 12.7. The van der Waals surface area contributed by atoms with E-state index in [1.165, 1.54) is 0 Å². The zero-order valence-corrected chi connectivity index (χ0v) is 18.0. The zero-order chi connectivity index (χ0) is 20.1. The van der Waals surface area contributed by atoms with E-state index in [4.69, 9.17) is 14.2 Å². The molecule has 0 atom stereocenters. The number of nitrogens with zero attached hydrogens (tertiary/aromatic N) is 2. The van der Waals surface area contributed by atoms with Crippen molar-refractivity contribution in [3.8, 4) is 17.2 Å². The smallest absolute Gasteiger partial charge is 0.253 e. The molecule has 0 radical (unpaired) electrons. The predicted molar refractivity (Wildman–Crippen MR) is 111 cm³/mol. The summed E-state index contributed by atoms with van der Waals surface area (Å²) >= 11 is 3.43. The number of methoxy groups -OCH3 is 3. The average Bonchev–Trinajstić information content (AvgIpc) is 2.73. The number of hydrogen-bond donors (Lipinski definition) is 0. The Morgan fingerprint density at radius 1 is 0.964 bits per heavy atom. The monoisotopic (exact) mass is 448 g/mol. The maximum atomic E-state index is 12.7. The van der Waals surface area contributed by atoms with Gasteiger partial charge in [0.25, 0.3) is 5.91 Å². The Bertz CT molecular complexity index is 835. The highest BCUT2D eigenvalue weighted by molar-refractivity contribution is 9.10. The lowest BCUT2D eigenvalue weighted by Crippen LogP contribution is -2.48. The molecule has 0 unspecified atom stereocenters. The fourth-order valence-electron chi connectivity index (χ4n) is 3.44. The minimum atomic E-state index is 0.0737. The molecule has 3 rings (SSSR count). The maximum Gasteiger partial charge on any atom is 0.253 e. The molecule has 0 aliphatic carbocycles. The van der Waals surface area contributed by atoms with Crippen LogP contribution in [0.15, 0.2) is 40.9 Å². The molecule has 1 aliphatic rings. The quantitative estimate of drug-likeness (QED) is 0.677. The first kappa shape index (κ1) is 20.5. The number of carbonyl (C=O) groups excluding carboxylic acids is 1. The molecule has 2 aromatic carbocycles. The van der Waals surface area contributed by atoms with Crippen LogP contribution in [-0.2, 0) is 6.54 Å². The minimum Gasteiger partial charge on any atom is -0.493 e. The van der Waals surface area contributed by atoms with Gasteiger partial charge in [0.15, 0.2) is 11.5 Å². The lowest BCUT2D eigenvalue weighted by molar-refractivity contribution is 0.0627. The molecule has 0 saturated carbocycles. The summed E-state index contributed by atoms with van der Waals surface area (Å²) in [4.78, 5) is 16.9. The molecule has 6 nitrogen and oxygen atoms in total. The summed E-state index contributed by atoms with van der Waals surface area (Å²) in [6, 6.07) is 11.4. The molecule has 0 aromatic heterocycles. The third-order valence-electron chi connectivity index (χ3n) is 4.91. The Labute approximate surface area is 174 Å². The fourth-order valence-corrected chi connectivity index (χ4v) is 3.84. The lowest BCUT2D eigenvalue weighted by Gasteiger charge is -2.35. The van der Waals surface area contributed by atoms with E-state index in [-0.39, 0.29) is 5.91 Å². The van der Waals surface area contributed by atoms with E-state index >= 15 is 0 Å². The first-order valence-electron chi connectivity index (χ1n) is 9.12. The van der Waals surface area contributed by atoms with E-state index in [0.29, 0.717) is 35.9 Å². The zero-order valence-electron chi connectivity index (χ0n) is 16.4. The topological polar surface area (TPSA) is 51.2 Å². The number of amides is 1. The molecule has 1 heterocycles. The second kappa shape index (κ2) is 9.30. The number of ether oxygens (including phenoxy) is 3. The minimum absolute atomic E-state index is 0.0737. The molecular weight excluding hydrogens is 424 g/mol. The summed E-state index contributed by atoms with van der Waals surface area (Å²) in [5.74, 6) is 2.01. The Hall–Kier alpha value is -2.25. The molecule has 0 spiro atoms. The summed E-state index contributed by atoms with van der Waals surface area (Å²) < 4.78 is 17.3. The third-order valence-corrected chi connectivity index (χ3v) is 5.40. The van der Waals surface area contributed by atoms with E-state index in [1.807, 2.05) is 41.3 Å². The van der Waals surface area contributed by atoms with Crippen molar-refractivity contribution < 1.29 is 19.0 Å². The van der Waals surface area contributed by atoms with E-state index in [1.54, 1.807) is 21.3 Å². The number of hydrogen-bond acceptors (Lipinski definition) is 5. The number of halogens is 1. The lowest BCUT2D eigenvalue weighted by atomic mass is 10.1. The van der Waals surface area contributed by atoms with Gasteiger partial charge in [-0.2, -0.15) is 0 Å². The van der Waals surface area contributed by atoms with Crippen LogP contribution in [0.4, 0.5) is 0 Å². The van der Waals surface area contributed by atoms with Crippen LogP contribution in [0.2, 0.25) is 0 Å². The second-order valence-electron chi connectivity index (χ2n) is 6.57. The highest BCUT2D eigenvalue weighted by Crippen LogP contribution is 2.40. The van der Waals surface area contributed by atoms with Gasteiger partial charge in [-0.25, -0.2) is 0 Å². The molecule has 28 heavy (non-hydrogen) atoms. The average molecular weight is 449 g/mol. The molecule has 2 aromatic rings. The van der Waals surface area contributed by atoms with Crippen LogP contribution in [0.3, 0.4) is 0 Å². The molecule has 1 aliphatic heterocycles. The normalized spacial score (nSPS) is 14.6. The summed E-state index contributed by atoms with van der Waals surface area (Å²) in [7, 11) is 4.85. The van der Waals surface area contributed by atoms with Gasteiger partial charge in [0.1, 0.15) is 0 Å². The largest absolute Gasteiger partial charge is 0.493 e. The molecular formula is C21H25BrN2O4. The van der Waals surface area contributed by atoms with E-state index in [0.717, 1.165) is 29.7 Å². The van der Waals surface area contributed by atoms with Gasteiger partial charge in [-0.1, -0.05) is 28.1 Å². The molecule has 150 valence electrons. The molecule has 0 N–H and O–H groups in total. The molecule has 0 bridgehead atoms. The van der Waals surface area contributed by atoms with Crippen LogP contribution >= 0.6 is 15.9 Å². The van der Waals surface area contributed by atoms with Crippen LogP contribution in [0, 0.1) is 0 Å². The molecule has 7 heteroatoms. The summed E-state index contributed by atoms with van der Waals surface area (Å²) in [6.45, 7) is 3.72. The molecule has 1 amide bonds. The number of benzene rings is 2. The van der Waals surface area contributed by atoms with Gasteiger partial charge in [-0.3, -0.25) is 9.69 Å². The van der Waals surface area contributed by atoms with Gasteiger partial charge in [0.2, 0.25) is 5.75 Å². The van der Waals surface area contributed by atoms with E-state index in [2.05, 4.69) is 20.8 Å². The van der Waals surface area contributed by atoms with Gasteiger partial charge < -0.3 is 19.1 Å².